The number of unbranched alkanes of at least 4 members (excludes halogenated alkanes) is 1. The van der Waals surface area contributed by atoms with Gasteiger partial charge < -0.3 is 15.4 Å². The van der Waals surface area contributed by atoms with Gasteiger partial charge in [0.2, 0.25) is 23.0 Å². The van der Waals surface area contributed by atoms with Crippen LogP contribution in [0.3, 0.4) is 0 Å². The second-order valence-electron chi connectivity index (χ2n) is 12.7. The van der Waals surface area contributed by atoms with Gasteiger partial charge in [-0.2, -0.15) is 9.78 Å². The van der Waals surface area contributed by atoms with Gasteiger partial charge in [-0.05, 0) is 91.9 Å². The maximum Gasteiger partial charge on any atom is 0.300 e. The van der Waals surface area contributed by atoms with E-state index in [2.05, 4.69) is 20.9 Å². The Kier molecular flexibility index (Phi) is 6.67. The SMILES string of the molecule is O=C(CC1CCC2(CC1)OOC1(O2)C2CC3CC(C2)CC1C3)NCCCCNc1ccc([N+](=O)[O-])c2nonc12. The predicted octanol–water partition coefficient (Wildman–Crippen LogP) is 4.85. The minimum Gasteiger partial charge on any atom is -0.383 e. The Hall–Kier alpha value is -2.83. The van der Waals surface area contributed by atoms with E-state index in [0.29, 0.717) is 48.5 Å². The molecule has 1 amide bonds. The minimum absolute atomic E-state index is 0.0849. The molecule has 0 atom stereocenters. The van der Waals surface area contributed by atoms with E-state index in [1.807, 2.05) is 0 Å². The molecule has 5 aliphatic carbocycles. The van der Waals surface area contributed by atoms with Crippen LogP contribution in [0.25, 0.3) is 11.0 Å². The van der Waals surface area contributed by atoms with Gasteiger partial charge in [-0.3, -0.25) is 14.9 Å². The quantitative estimate of drug-likeness (QED) is 0.190. The number of nitro groups is 1. The van der Waals surface area contributed by atoms with Gasteiger partial charge in [-0.25, -0.2) is 4.63 Å². The van der Waals surface area contributed by atoms with Gasteiger partial charge >= 0.3 is 5.69 Å². The highest BCUT2D eigenvalue weighted by atomic mass is 17.3. The molecule has 40 heavy (non-hydrogen) atoms. The Labute approximate surface area is 231 Å². The molecule has 12 heteroatoms. The normalized spacial score (nSPS) is 36.0. The second kappa shape index (κ2) is 10.2. The largest absolute Gasteiger partial charge is 0.383 e. The predicted molar refractivity (Wildman–Crippen MR) is 142 cm³/mol. The molecule has 4 bridgehead atoms. The topological polar surface area (TPSA) is 151 Å². The summed E-state index contributed by atoms with van der Waals surface area (Å²) in [5.74, 6) is 1.89. The summed E-state index contributed by atoms with van der Waals surface area (Å²) in [6, 6.07) is 3.00. The summed E-state index contributed by atoms with van der Waals surface area (Å²) in [5.41, 5.74) is 0.962. The summed E-state index contributed by atoms with van der Waals surface area (Å²) in [4.78, 5) is 35.4. The summed E-state index contributed by atoms with van der Waals surface area (Å²) in [7, 11) is 0. The molecule has 1 saturated heterocycles. The number of nitro benzene ring substituents is 1. The highest BCUT2D eigenvalue weighted by Crippen LogP contribution is 2.63. The Balaban J connectivity index is 0.813. The molecule has 8 rings (SSSR count). The van der Waals surface area contributed by atoms with E-state index in [1.165, 1.54) is 38.2 Å². The minimum atomic E-state index is -0.632. The molecule has 0 unspecified atom stereocenters. The van der Waals surface area contributed by atoms with Gasteiger partial charge in [0, 0.05) is 50.3 Å². The Bertz CT molecular complexity index is 1240. The summed E-state index contributed by atoms with van der Waals surface area (Å²) < 4.78 is 11.5. The second-order valence-corrected chi connectivity index (χ2v) is 12.7. The number of anilines is 1. The highest BCUT2D eigenvalue weighted by Gasteiger charge is 2.66. The van der Waals surface area contributed by atoms with E-state index in [1.54, 1.807) is 6.07 Å². The van der Waals surface area contributed by atoms with E-state index >= 15 is 0 Å². The molecule has 1 aliphatic heterocycles. The first-order chi connectivity index (χ1) is 19.4. The van der Waals surface area contributed by atoms with Gasteiger partial charge in [0.1, 0.15) is 0 Å². The number of carbonyl (C=O) groups is 1. The average molecular weight is 556 g/mol. The number of rotatable bonds is 9. The lowest BCUT2D eigenvalue weighted by atomic mass is 9.53. The molecule has 2 N–H and O–H groups in total. The number of amides is 1. The van der Waals surface area contributed by atoms with E-state index in [0.717, 1.165) is 50.4 Å². The average Bonchev–Trinajstić information content (AvgIpc) is 3.57. The standard InChI is InChI=1S/C28H37N5O7/c34-24(30-10-2-1-9-29-22-3-4-23(33(35)36)26-25(22)31-40-32-26)16-17-5-7-27(8-6-17)37-28(39-38-27)20-12-18-11-19(14-20)15-21(28)13-18/h3-4,17-21,29H,1-2,5-16H2,(H,30,34). The van der Waals surface area contributed by atoms with Crippen LogP contribution in [-0.4, -0.2) is 45.8 Å². The molecule has 6 aliphatic rings. The number of non-ortho nitro benzene ring substituents is 1. The van der Waals surface area contributed by atoms with Gasteiger partial charge in [0.25, 0.3) is 0 Å². The van der Waals surface area contributed by atoms with Crippen molar-refractivity contribution in [2.75, 3.05) is 18.4 Å². The molecule has 216 valence electrons. The van der Waals surface area contributed by atoms with Crippen molar-refractivity contribution in [2.24, 2.45) is 29.6 Å². The molecular weight excluding hydrogens is 518 g/mol. The van der Waals surface area contributed by atoms with Crippen LogP contribution in [0.4, 0.5) is 11.4 Å². The number of nitrogens with zero attached hydrogens (tertiary/aromatic N) is 3. The van der Waals surface area contributed by atoms with Crippen LogP contribution in [0, 0.1) is 39.7 Å². The number of benzene rings is 1. The number of hydrogen-bond donors (Lipinski definition) is 2. The molecule has 0 radical (unpaired) electrons. The smallest absolute Gasteiger partial charge is 0.300 e. The fourth-order valence-electron chi connectivity index (χ4n) is 8.30. The molecule has 2 aromatic rings. The Morgan fingerprint density at radius 1 is 0.975 bits per heavy atom. The van der Waals surface area contributed by atoms with Crippen molar-refractivity contribution in [1.82, 2.24) is 15.6 Å². The van der Waals surface area contributed by atoms with Crippen molar-refractivity contribution in [3.05, 3.63) is 22.2 Å². The first-order valence-corrected chi connectivity index (χ1v) is 14.9. The van der Waals surface area contributed by atoms with Crippen LogP contribution in [-0.2, 0) is 19.3 Å². The fraction of sp³-hybridized carbons (Fsp3) is 0.750. The number of carbonyl (C=O) groups excluding carboxylic acids is 1. The Morgan fingerprint density at radius 3 is 2.40 bits per heavy atom. The molecule has 12 nitrogen and oxygen atoms in total. The third kappa shape index (κ3) is 4.63. The summed E-state index contributed by atoms with van der Waals surface area (Å²) >= 11 is 0. The first-order valence-electron chi connectivity index (χ1n) is 14.9. The van der Waals surface area contributed by atoms with Crippen LogP contribution in [0.2, 0.25) is 0 Å². The van der Waals surface area contributed by atoms with Crippen LogP contribution < -0.4 is 10.6 Å². The van der Waals surface area contributed by atoms with Crippen molar-refractivity contribution in [2.45, 2.75) is 88.6 Å². The molecule has 1 aromatic carbocycles. The summed E-state index contributed by atoms with van der Waals surface area (Å²) in [6.45, 7) is 1.23. The summed E-state index contributed by atoms with van der Waals surface area (Å²) in [6.07, 6.45) is 11.8. The van der Waals surface area contributed by atoms with Crippen molar-refractivity contribution >= 4 is 28.3 Å². The van der Waals surface area contributed by atoms with Gasteiger partial charge in [0.15, 0.2) is 5.52 Å². The van der Waals surface area contributed by atoms with Gasteiger partial charge in [0.05, 0.1) is 10.6 Å². The zero-order chi connectivity index (χ0) is 27.3. The lowest BCUT2D eigenvalue weighted by Crippen LogP contribution is -2.59. The lowest BCUT2D eigenvalue weighted by Gasteiger charge is -2.57. The fourth-order valence-corrected chi connectivity index (χ4v) is 8.30. The highest BCUT2D eigenvalue weighted by molar-refractivity contribution is 5.93. The molecule has 1 aromatic heterocycles. The lowest BCUT2D eigenvalue weighted by molar-refractivity contribution is -0.390. The zero-order valence-corrected chi connectivity index (χ0v) is 22.6. The summed E-state index contributed by atoms with van der Waals surface area (Å²) in [5, 5.41) is 24.8. The third-order valence-corrected chi connectivity index (χ3v) is 10.1. The van der Waals surface area contributed by atoms with Crippen molar-refractivity contribution in [1.29, 1.82) is 0 Å². The zero-order valence-electron chi connectivity index (χ0n) is 22.6. The number of fused-ring (bicyclic) bond motifs is 1. The molecular formula is C28H37N5O7. The molecule has 5 saturated carbocycles. The third-order valence-electron chi connectivity index (χ3n) is 10.1. The maximum absolute atomic E-state index is 12.6. The van der Waals surface area contributed by atoms with Crippen LogP contribution in [0.15, 0.2) is 16.8 Å². The number of aromatic nitrogens is 2. The van der Waals surface area contributed by atoms with Crippen molar-refractivity contribution in [3.8, 4) is 0 Å². The molecule has 2 spiro atoms. The maximum atomic E-state index is 12.6. The number of hydrogen-bond acceptors (Lipinski definition) is 10. The van der Waals surface area contributed by atoms with Crippen LogP contribution >= 0.6 is 0 Å². The van der Waals surface area contributed by atoms with E-state index in [9.17, 15) is 14.9 Å². The Morgan fingerprint density at radius 2 is 1.68 bits per heavy atom. The van der Waals surface area contributed by atoms with Crippen molar-refractivity contribution in [3.63, 3.8) is 0 Å². The van der Waals surface area contributed by atoms with Gasteiger partial charge in [-0.15, -0.1) is 0 Å². The van der Waals surface area contributed by atoms with E-state index < -0.39 is 16.5 Å². The molecule has 6 fully saturated rings. The monoisotopic (exact) mass is 555 g/mol. The first kappa shape index (κ1) is 26.1. The van der Waals surface area contributed by atoms with E-state index in [4.69, 9.17) is 19.1 Å². The molecule has 2 heterocycles. The van der Waals surface area contributed by atoms with Crippen LogP contribution in [0.1, 0.15) is 77.0 Å². The number of ether oxygens (including phenoxy) is 1. The van der Waals surface area contributed by atoms with Crippen molar-refractivity contribution < 1.29 is 28.9 Å². The van der Waals surface area contributed by atoms with E-state index in [-0.39, 0.29) is 17.1 Å². The van der Waals surface area contributed by atoms with Crippen LogP contribution in [0.5, 0.6) is 0 Å². The number of nitrogens with one attached hydrogen (secondary N) is 2. The van der Waals surface area contributed by atoms with Gasteiger partial charge in [-0.1, -0.05) is 0 Å².